The summed E-state index contributed by atoms with van der Waals surface area (Å²) in [5.41, 5.74) is 1.78. The van der Waals surface area contributed by atoms with E-state index in [2.05, 4.69) is 53.8 Å². The van der Waals surface area contributed by atoms with Gasteiger partial charge in [-0.05, 0) is 79.6 Å². The zero-order valence-electron chi connectivity index (χ0n) is 18.1. The lowest BCUT2D eigenvalue weighted by atomic mass is 9.77. The molecule has 0 aromatic heterocycles. The van der Waals surface area contributed by atoms with Gasteiger partial charge in [0.1, 0.15) is 5.60 Å². The Hall–Kier alpha value is -2.88. The molecule has 2 unspecified atom stereocenters. The topological polar surface area (TPSA) is 55.4 Å². The van der Waals surface area contributed by atoms with Crippen LogP contribution in [0, 0.1) is 0 Å². The Balaban J connectivity index is 1.65. The minimum absolute atomic E-state index is 0.0435. The first-order valence-electron chi connectivity index (χ1n) is 10.7. The van der Waals surface area contributed by atoms with Crippen molar-refractivity contribution in [1.29, 1.82) is 0 Å². The third-order valence-electron chi connectivity index (χ3n) is 5.87. The summed E-state index contributed by atoms with van der Waals surface area (Å²) >= 11 is 0. The molecule has 30 heavy (non-hydrogen) atoms. The number of rotatable bonds is 3. The van der Waals surface area contributed by atoms with E-state index < -0.39 is 17.7 Å². The van der Waals surface area contributed by atoms with Crippen LogP contribution in [0.25, 0.3) is 21.5 Å². The van der Waals surface area contributed by atoms with Gasteiger partial charge >= 0.3 is 6.09 Å². The van der Waals surface area contributed by atoms with Crippen LogP contribution in [0.15, 0.2) is 48.5 Å². The maximum atomic E-state index is 13.2. The van der Waals surface area contributed by atoms with E-state index in [1.807, 2.05) is 20.8 Å². The van der Waals surface area contributed by atoms with Crippen molar-refractivity contribution < 1.29 is 14.3 Å². The van der Waals surface area contributed by atoms with Crippen LogP contribution in [0.5, 0.6) is 0 Å². The summed E-state index contributed by atoms with van der Waals surface area (Å²) in [4.78, 5) is 25.4. The molecule has 3 aromatic rings. The first-order chi connectivity index (χ1) is 14.2. The van der Waals surface area contributed by atoms with E-state index in [0.717, 1.165) is 24.8 Å². The van der Waals surface area contributed by atoms with Crippen molar-refractivity contribution >= 4 is 33.4 Å². The van der Waals surface area contributed by atoms with Crippen molar-refractivity contribution in [3.05, 3.63) is 59.7 Å². The molecule has 1 amide bonds. The van der Waals surface area contributed by atoms with Gasteiger partial charge < -0.3 is 10.1 Å². The molecule has 0 saturated heterocycles. The quantitative estimate of drug-likeness (QED) is 0.554. The van der Waals surface area contributed by atoms with Crippen LogP contribution in [0.4, 0.5) is 4.79 Å². The fraction of sp³-hybridized carbons (Fsp3) is 0.385. The van der Waals surface area contributed by atoms with Gasteiger partial charge in [0, 0.05) is 5.92 Å². The van der Waals surface area contributed by atoms with Gasteiger partial charge in [-0.25, -0.2) is 4.79 Å². The van der Waals surface area contributed by atoms with Gasteiger partial charge in [0.05, 0.1) is 6.04 Å². The molecule has 4 nitrogen and oxygen atoms in total. The molecule has 0 heterocycles. The Morgan fingerprint density at radius 3 is 2.50 bits per heavy atom. The summed E-state index contributed by atoms with van der Waals surface area (Å²) in [6.07, 6.45) is 2.20. The van der Waals surface area contributed by atoms with Crippen molar-refractivity contribution in [1.82, 2.24) is 5.32 Å². The van der Waals surface area contributed by atoms with E-state index in [-0.39, 0.29) is 11.7 Å². The Morgan fingerprint density at radius 1 is 1.00 bits per heavy atom. The summed E-state index contributed by atoms with van der Waals surface area (Å²) in [5, 5.41) is 7.65. The molecule has 0 bridgehead atoms. The first kappa shape index (κ1) is 20.4. The van der Waals surface area contributed by atoms with Gasteiger partial charge in [-0.3, -0.25) is 4.79 Å². The molecule has 156 valence electrons. The van der Waals surface area contributed by atoms with Crippen molar-refractivity contribution in [2.75, 3.05) is 0 Å². The molecule has 1 aliphatic carbocycles. The number of ketones is 1. The molecular weight excluding hydrogens is 374 g/mol. The standard InChI is InChI=1S/C26H29NO3/c1-16(27-25(29)30-26(2,3)4)24(28)23-11-7-10-19-21-13-12-17-8-5-6-9-18(17)20(21)14-15-22(19)23/h5-6,8-9,12-16,23H,7,10-11H2,1-4H3,(H,27,29). The van der Waals surface area contributed by atoms with Gasteiger partial charge in [-0.2, -0.15) is 0 Å². The zero-order valence-corrected chi connectivity index (χ0v) is 18.1. The number of ether oxygens (including phenoxy) is 1. The summed E-state index contributed by atoms with van der Waals surface area (Å²) in [5.74, 6) is -0.156. The second-order valence-corrected chi connectivity index (χ2v) is 9.23. The van der Waals surface area contributed by atoms with Crippen LogP contribution in [-0.4, -0.2) is 23.5 Å². The molecular formula is C26H29NO3. The molecule has 0 aliphatic heterocycles. The van der Waals surface area contributed by atoms with Crippen LogP contribution in [-0.2, 0) is 16.0 Å². The summed E-state index contributed by atoms with van der Waals surface area (Å²) in [6.45, 7) is 7.18. The predicted octanol–water partition coefficient (Wildman–Crippen LogP) is 5.90. The third kappa shape index (κ3) is 3.91. The Bertz CT molecular complexity index is 1130. The monoisotopic (exact) mass is 403 g/mol. The molecule has 0 spiro atoms. The van der Waals surface area contributed by atoms with Crippen LogP contribution < -0.4 is 5.32 Å². The van der Waals surface area contributed by atoms with Crippen LogP contribution >= 0.6 is 0 Å². The molecule has 1 aliphatic rings. The van der Waals surface area contributed by atoms with E-state index in [0.29, 0.717) is 0 Å². The van der Waals surface area contributed by atoms with E-state index in [1.54, 1.807) is 6.92 Å². The maximum absolute atomic E-state index is 13.2. The first-order valence-corrected chi connectivity index (χ1v) is 10.7. The number of nitrogens with one attached hydrogen (secondary N) is 1. The molecule has 2 atom stereocenters. The lowest BCUT2D eigenvalue weighted by Crippen LogP contribution is -2.43. The van der Waals surface area contributed by atoms with Gasteiger partial charge in [0.25, 0.3) is 0 Å². The highest BCUT2D eigenvalue weighted by Crippen LogP contribution is 2.39. The SMILES string of the molecule is CC(NC(=O)OC(C)(C)C)C(=O)C1CCCc2c1ccc1c2ccc2ccccc21. The number of alkyl carbamates (subject to hydrolysis) is 1. The summed E-state index contributed by atoms with van der Waals surface area (Å²) in [6, 6.07) is 16.4. The molecule has 0 saturated carbocycles. The number of fused-ring (bicyclic) bond motifs is 5. The number of Topliss-reactive ketones (excluding diaryl/α,β-unsaturated/α-hetero) is 1. The van der Waals surface area contributed by atoms with Crippen LogP contribution in [0.3, 0.4) is 0 Å². The molecule has 4 heteroatoms. The lowest BCUT2D eigenvalue weighted by Gasteiger charge is -2.29. The predicted molar refractivity (Wildman–Crippen MR) is 121 cm³/mol. The van der Waals surface area contributed by atoms with E-state index >= 15 is 0 Å². The second-order valence-electron chi connectivity index (χ2n) is 9.23. The van der Waals surface area contributed by atoms with Crippen molar-refractivity contribution in [2.45, 2.75) is 64.5 Å². The smallest absolute Gasteiger partial charge is 0.408 e. The second kappa shape index (κ2) is 7.75. The zero-order chi connectivity index (χ0) is 21.5. The lowest BCUT2D eigenvalue weighted by molar-refractivity contribution is -0.122. The highest BCUT2D eigenvalue weighted by Gasteiger charge is 2.32. The largest absolute Gasteiger partial charge is 0.444 e. The highest BCUT2D eigenvalue weighted by molar-refractivity contribution is 6.09. The summed E-state index contributed by atoms with van der Waals surface area (Å²) in [7, 11) is 0. The van der Waals surface area contributed by atoms with Crippen LogP contribution in [0.2, 0.25) is 0 Å². The van der Waals surface area contributed by atoms with Gasteiger partial charge in [0.15, 0.2) is 5.78 Å². The fourth-order valence-electron chi connectivity index (χ4n) is 4.56. The highest BCUT2D eigenvalue weighted by atomic mass is 16.6. The van der Waals surface area contributed by atoms with Crippen molar-refractivity contribution in [2.24, 2.45) is 0 Å². The van der Waals surface area contributed by atoms with E-state index in [1.165, 1.54) is 27.1 Å². The molecule has 4 rings (SSSR count). The Kier molecular flexibility index (Phi) is 5.27. The van der Waals surface area contributed by atoms with E-state index in [9.17, 15) is 9.59 Å². The molecule has 0 radical (unpaired) electrons. The number of hydrogen-bond acceptors (Lipinski definition) is 3. The number of carbonyl (C=O) groups is 2. The number of carbonyl (C=O) groups excluding carboxylic acids is 2. The fourth-order valence-corrected chi connectivity index (χ4v) is 4.56. The molecule has 3 aromatic carbocycles. The summed E-state index contributed by atoms with van der Waals surface area (Å²) < 4.78 is 5.31. The normalized spacial score (nSPS) is 17.4. The van der Waals surface area contributed by atoms with Gasteiger partial charge in [-0.1, -0.05) is 48.5 Å². The minimum Gasteiger partial charge on any atom is -0.444 e. The van der Waals surface area contributed by atoms with Gasteiger partial charge in [0.2, 0.25) is 0 Å². The number of amides is 1. The average Bonchev–Trinajstić information content (AvgIpc) is 2.70. The maximum Gasteiger partial charge on any atom is 0.408 e. The average molecular weight is 404 g/mol. The molecule has 0 fully saturated rings. The Morgan fingerprint density at radius 2 is 1.73 bits per heavy atom. The number of aryl methyl sites for hydroxylation is 1. The van der Waals surface area contributed by atoms with Crippen LogP contribution in [0.1, 0.15) is 57.6 Å². The minimum atomic E-state index is -0.594. The Labute approximate surface area is 177 Å². The third-order valence-corrected chi connectivity index (χ3v) is 5.87. The van der Waals surface area contributed by atoms with Crippen molar-refractivity contribution in [3.8, 4) is 0 Å². The van der Waals surface area contributed by atoms with Gasteiger partial charge in [-0.15, -0.1) is 0 Å². The number of hydrogen-bond donors (Lipinski definition) is 1. The van der Waals surface area contributed by atoms with E-state index in [4.69, 9.17) is 4.74 Å². The van der Waals surface area contributed by atoms with Crippen molar-refractivity contribution in [3.63, 3.8) is 0 Å². The molecule has 1 N–H and O–H groups in total. The number of benzene rings is 3.